The van der Waals surface area contributed by atoms with Crippen LogP contribution in [0.5, 0.6) is 0 Å². The summed E-state index contributed by atoms with van der Waals surface area (Å²) in [7, 11) is 0. The highest BCUT2D eigenvalue weighted by molar-refractivity contribution is 5.90. The molecule has 1 aliphatic rings. The molecule has 1 heterocycles. The van der Waals surface area contributed by atoms with E-state index in [2.05, 4.69) is 11.8 Å². The molecule has 0 aromatic heterocycles. The maximum atomic E-state index is 11.7. The Bertz CT molecular complexity index is 474. The van der Waals surface area contributed by atoms with Crippen LogP contribution < -0.4 is 5.73 Å². The molecule has 1 fully saturated rings. The van der Waals surface area contributed by atoms with Crippen molar-refractivity contribution in [1.29, 1.82) is 0 Å². The van der Waals surface area contributed by atoms with Crippen LogP contribution in [0.25, 0.3) is 0 Å². The largest absolute Gasteiger partial charge is 0.462 e. The van der Waals surface area contributed by atoms with E-state index in [1.54, 1.807) is 19.1 Å². The number of nitrogens with two attached hydrogens (primary N) is 1. The van der Waals surface area contributed by atoms with Crippen molar-refractivity contribution < 1.29 is 9.53 Å². The monoisotopic (exact) mass is 276 g/mol. The smallest absolute Gasteiger partial charge is 0.338 e. The van der Waals surface area contributed by atoms with Crippen molar-refractivity contribution in [2.75, 3.05) is 18.9 Å². The number of nitrogens with zero attached hydrogens (tertiary/aromatic N) is 1. The highest BCUT2D eigenvalue weighted by Gasteiger charge is 2.19. The van der Waals surface area contributed by atoms with E-state index in [1.165, 1.54) is 19.3 Å². The van der Waals surface area contributed by atoms with Gasteiger partial charge >= 0.3 is 5.97 Å². The first kappa shape index (κ1) is 14.9. The summed E-state index contributed by atoms with van der Waals surface area (Å²) in [5.74, 6) is -0.308. The fourth-order valence-corrected chi connectivity index (χ4v) is 2.69. The minimum atomic E-state index is -0.308. The van der Waals surface area contributed by atoms with E-state index in [0.29, 0.717) is 23.9 Å². The van der Waals surface area contributed by atoms with Crippen LogP contribution in [0.4, 0.5) is 5.69 Å². The molecule has 1 aromatic carbocycles. The molecule has 0 saturated carbocycles. The molecule has 1 atom stereocenters. The van der Waals surface area contributed by atoms with E-state index in [-0.39, 0.29) is 5.97 Å². The van der Waals surface area contributed by atoms with Crippen molar-refractivity contribution in [3.05, 3.63) is 29.3 Å². The van der Waals surface area contributed by atoms with Gasteiger partial charge in [-0.05, 0) is 50.9 Å². The van der Waals surface area contributed by atoms with Gasteiger partial charge in [0.15, 0.2) is 0 Å². The van der Waals surface area contributed by atoms with Gasteiger partial charge in [0, 0.05) is 18.3 Å². The maximum absolute atomic E-state index is 11.7. The number of esters is 1. The van der Waals surface area contributed by atoms with Gasteiger partial charge in [-0.2, -0.15) is 0 Å². The van der Waals surface area contributed by atoms with Crippen LogP contribution in [0.2, 0.25) is 0 Å². The Labute approximate surface area is 120 Å². The van der Waals surface area contributed by atoms with E-state index in [1.807, 2.05) is 6.07 Å². The molecule has 0 spiro atoms. The fourth-order valence-electron chi connectivity index (χ4n) is 2.69. The fraction of sp³-hybridized carbons (Fsp3) is 0.562. The summed E-state index contributed by atoms with van der Waals surface area (Å²) >= 11 is 0. The van der Waals surface area contributed by atoms with Crippen molar-refractivity contribution in [3.63, 3.8) is 0 Å². The molecule has 1 saturated heterocycles. The molecule has 1 unspecified atom stereocenters. The standard InChI is InChI=1S/C16H24N2O2/c1-3-20-16(19)13-7-8-14(15(17)10-13)11-18-9-5-4-6-12(18)2/h7-8,10,12H,3-6,9,11,17H2,1-2H3. The second kappa shape index (κ2) is 6.75. The van der Waals surface area contributed by atoms with Gasteiger partial charge in [-0.25, -0.2) is 4.79 Å². The van der Waals surface area contributed by atoms with Crippen LogP contribution in [-0.2, 0) is 11.3 Å². The summed E-state index contributed by atoms with van der Waals surface area (Å²) in [5, 5.41) is 0. The lowest BCUT2D eigenvalue weighted by atomic mass is 10.0. The number of carbonyl (C=O) groups is 1. The van der Waals surface area contributed by atoms with Gasteiger partial charge in [-0.3, -0.25) is 4.90 Å². The number of rotatable bonds is 4. The topological polar surface area (TPSA) is 55.6 Å². The Morgan fingerprint density at radius 2 is 2.25 bits per heavy atom. The number of hydrogen-bond donors (Lipinski definition) is 1. The van der Waals surface area contributed by atoms with Gasteiger partial charge in [-0.15, -0.1) is 0 Å². The normalized spacial score (nSPS) is 19.8. The van der Waals surface area contributed by atoms with Crippen LogP contribution in [0.3, 0.4) is 0 Å². The summed E-state index contributed by atoms with van der Waals surface area (Å²) in [4.78, 5) is 14.1. The number of anilines is 1. The second-order valence-corrected chi connectivity index (χ2v) is 5.45. The summed E-state index contributed by atoms with van der Waals surface area (Å²) < 4.78 is 4.98. The molecule has 4 nitrogen and oxygen atoms in total. The molecular weight excluding hydrogens is 252 g/mol. The van der Waals surface area contributed by atoms with Crippen LogP contribution in [0, 0.1) is 0 Å². The van der Waals surface area contributed by atoms with Crippen LogP contribution in [-0.4, -0.2) is 30.1 Å². The van der Waals surface area contributed by atoms with E-state index < -0.39 is 0 Å². The van der Waals surface area contributed by atoms with Gasteiger partial charge < -0.3 is 10.5 Å². The third-order valence-corrected chi connectivity index (χ3v) is 3.97. The number of ether oxygens (including phenoxy) is 1. The van der Waals surface area contributed by atoms with E-state index in [4.69, 9.17) is 10.5 Å². The number of hydrogen-bond acceptors (Lipinski definition) is 4. The lowest BCUT2D eigenvalue weighted by molar-refractivity contribution is 0.0526. The Morgan fingerprint density at radius 1 is 1.45 bits per heavy atom. The molecule has 0 bridgehead atoms. The molecule has 1 aromatic rings. The van der Waals surface area contributed by atoms with Crippen molar-refractivity contribution in [2.45, 2.75) is 45.7 Å². The van der Waals surface area contributed by atoms with Gasteiger partial charge in [0.05, 0.1) is 12.2 Å². The number of piperidine rings is 1. The molecule has 2 N–H and O–H groups in total. The number of carbonyl (C=O) groups excluding carboxylic acids is 1. The van der Waals surface area contributed by atoms with Gasteiger partial charge in [0.2, 0.25) is 0 Å². The van der Waals surface area contributed by atoms with E-state index in [0.717, 1.165) is 18.7 Å². The third-order valence-electron chi connectivity index (χ3n) is 3.97. The zero-order chi connectivity index (χ0) is 14.5. The summed E-state index contributed by atoms with van der Waals surface area (Å²) in [6.07, 6.45) is 3.82. The highest BCUT2D eigenvalue weighted by Crippen LogP contribution is 2.22. The minimum Gasteiger partial charge on any atom is -0.462 e. The first-order valence-corrected chi connectivity index (χ1v) is 7.41. The summed E-state index contributed by atoms with van der Waals surface area (Å²) in [5.41, 5.74) is 8.38. The molecule has 0 aliphatic carbocycles. The maximum Gasteiger partial charge on any atom is 0.338 e. The van der Waals surface area contributed by atoms with Gasteiger partial charge in [0.1, 0.15) is 0 Å². The van der Waals surface area contributed by atoms with Crippen molar-refractivity contribution >= 4 is 11.7 Å². The van der Waals surface area contributed by atoms with Crippen molar-refractivity contribution in [3.8, 4) is 0 Å². The minimum absolute atomic E-state index is 0.308. The highest BCUT2D eigenvalue weighted by atomic mass is 16.5. The zero-order valence-electron chi connectivity index (χ0n) is 12.4. The Morgan fingerprint density at radius 3 is 2.90 bits per heavy atom. The summed E-state index contributed by atoms with van der Waals surface area (Å²) in [6, 6.07) is 6.08. The van der Waals surface area contributed by atoms with Gasteiger partial charge in [0.25, 0.3) is 0 Å². The molecule has 0 amide bonds. The molecule has 2 rings (SSSR count). The average Bonchev–Trinajstić information content (AvgIpc) is 2.43. The molecule has 20 heavy (non-hydrogen) atoms. The van der Waals surface area contributed by atoms with Crippen LogP contribution in [0.15, 0.2) is 18.2 Å². The summed E-state index contributed by atoms with van der Waals surface area (Å²) in [6.45, 7) is 6.43. The zero-order valence-corrected chi connectivity index (χ0v) is 12.4. The predicted molar refractivity (Wildman–Crippen MR) is 80.5 cm³/mol. The van der Waals surface area contributed by atoms with Crippen LogP contribution >= 0.6 is 0 Å². The van der Waals surface area contributed by atoms with Gasteiger partial charge in [-0.1, -0.05) is 12.5 Å². The molecule has 0 radical (unpaired) electrons. The molecular formula is C16H24N2O2. The quantitative estimate of drug-likeness (QED) is 0.678. The van der Waals surface area contributed by atoms with E-state index >= 15 is 0 Å². The van der Waals surface area contributed by atoms with Crippen LogP contribution in [0.1, 0.15) is 49.0 Å². The first-order chi connectivity index (χ1) is 9.61. The lowest BCUT2D eigenvalue weighted by Gasteiger charge is -2.33. The SMILES string of the molecule is CCOC(=O)c1ccc(CN2CCCCC2C)c(N)c1. The Kier molecular flexibility index (Phi) is 5.01. The Hall–Kier alpha value is -1.55. The average molecular weight is 276 g/mol. The lowest BCUT2D eigenvalue weighted by Crippen LogP contribution is -2.36. The number of likely N-dealkylation sites (tertiary alicyclic amines) is 1. The second-order valence-electron chi connectivity index (χ2n) is 5.45. The predicted octanol–water partition coefficient (Wildman–Crippen LogP) is 2.82. The van der Waals surface area contributed by atoms with Crippen molar-refractivity contribution in [1.82, 2.24) is 4.90 Å². The Balaban J connectivity index is 2.07. The number of benzene rings is 1. The molecule has 1 aliphatic heterocycles. The first-order valence-electron chi connectivity index (χ1n) is 7.41. The van der Waals surface area contributed by atoms with E-state index in [9.17, 15) is 4.79 Å². The number of nitrogen functional groups attached to an aromatic ring is 1. The molecule has 110 valence electrons. The van der Waals surface area contributed by atoms with Crippen molar-refractivity contribution in [2.24, 2.45) is 0 Å². The third kappa shape index (κ3) is 3.51. The molecule has 4 heteroatoms.